The van der Waals surface area contributed by atoms with Crippen molar-refractivity contribution in [2.45, 2.75) is 19.3 Å². The van der Waals surface area contributed by atoms with E-state index in [-0.39, 0.29) is 11.4 Å². The van der Waals surface area contributed by atoms with Gasteiger partial charge in [-0.1, -0.05) is 24.3 Å². The van der Waals surface area contributed by atoms with Crippen molar-refractivity contribution < 1.29 is 4.39 Å². The van der Waals surface area contributed by atoms with Crippen molar-refractivity contribution >= 4 is 5.65 Å². The molecule has 0 fully saturated rings. The van der Waals surface area contributed by atoms with Crippen LogP contribution in [-0.2, 0) is 12.8 Å². The number of aryl methyl sites for hydroxylation is 2. The molecule has 0 amide bonds. The van der Waals surface area contributed by atoms with Gasteiger partial charge in [0.2, 0.25) is 0 Å². The molecule has 4 aromatic rings. The first kappa shape index (κ1) is 17.1. The van der Waals surface area contributed by atoms with E-state index in [2.05, 4.69) is 4.98 Å². The Kier molecular flexibility index (Phi) is 4.75. The van der Waals surface area contributed by atoms with Crippen LogP contribution in [0.3, 0.4) is 0 Å². The van der Waals surface area contributed by atoms with Crippen molar-refractivity contribution in [1.29, 1.82) is 0 Å². The van der Waals surface area contributed by atoms with Crippen molar-refractivity contribution in [3.8, 4) is 11.3 Å². The summed E-state index contributed by atoms with van der Waals surface area (Å²) in [5.41, 5.74) is 3.69. The van der Waals surface area contributed by atoms with Crippen LogP contribution in [0.25, 0.3) is 16.9 Å². The minimum Gasteiger partial charge on any atom is -0.269 e. The first-order valence-electron chi connectivity index (χ1n) is 8.87. The molecular formula is C22H18FN3O. The summed E-state index contributed by atoms with van der Waals surface area (Å²) < 4.78 is 15.4. The standard InChI is InChI=1S/C22H18FN3O/c23-19-9-2-1-5-16(19)6-3-7-18-8-4-14-26-21(27)15-20(25-22(18)26)17-10-12-24-13-11-17/h1-2,4-5,8-15H,3,6-7H2. The molecule has 4 nitrogen and oxygen atoms in total. The van der Waals surface area contributed by atoms with Gasteiger partial charge in [-0.3, -0.25) is 14.2 Å². The van der Waals surface area contributed by atoms with Crippen LogP contribution >= 0.6 is 0 Å². The summed E-state index contributed by atoms with van der Waals surface area (Å²) in [5, 5.41) is 0. The Hall–Kier alpha value is -3.34. The predicted molar refractivity (Wildman–Crippen MR) is 103 cm³/mol. The molecule has 0 spiro atoms. The van der Waals surface area contributed by atoms with Crippen LogP contribution in [-0.4, -0.2) is 14.4 Å². The third kappa shape index (κ3) is 3.62. The highest BCUT2D eigenvalue weighted by molar-refractivity contribution is 5.62. The summed E-state index contributed by atoms with van der Waals surface area (Å²) in [4.78, 5) is 21.2. The Morgan fingerprint density at radius 2 is 1.67 bits per heavy atom. The summed E-state index contributed by atoms with van der Waals surface area (Å²) in [7, 11) is 0. The minimum absolute atomic E-state index is 0.122. The number of hydrogen-bond donors (Lipinski definition) is 0. The zero-order valence-electron chi connectivity index (χ0n) is 14.7. The number of pyridine rings is 2. The van der Waals surface area contributed by atoms with Crippen LogP contribution in [0.5, 0.6) is 0 Å². The molecule has 5 heteroatoms. The fourth-order valence-corrected chi connectivity index (χ4v) is 3.22. The van der Waals surface area contributed by atoms with Gasteiger partial charge in [0, 0.05) is 30.2 Å². The summed E-state index contributed by atoms with van der Waals surface area (Å²) in [5.74, 6) is -0.176. The Morgan fingerprint density at radius 3 is 2.48 bits per heavy atom. The summed E-state index contributed by atoms with van der Waals surface area (Å²) >= 11 is 0. The van der Waals surface area contributed by atoms with Gasteiger partial charge < -0.3 is 0 Å². The van der Waals surface area contributed by atoms with E-state index in [1.165, 1.54) is 12.1 Å². The Bertz CT molecular complexity index is 1140. The summed E-state index contributed by atoms with van der Waals surface area (Å²) in [6, 6.07) is 15.8. The van der Waals surface area contributed by atoms with Crippen molar-refractivity contribution in [2.24, 2.45) is 0 Å². The van der Waals surface area contributed by atoms with Gasteiger partial charge in [0.25, 0.3) is 5.56 Å². The second-order valence-electron chi connectivity index (χ2n) is 6.39. The van der Waals surface area contributed by atoms with Gasteiger partial charge in [-0.25, -0.2) is 9.37 Å². The molecule has 0 aliphatic rings. The first-order valence-corrected chi connectivity index (χ1v) is 8.87. The van der Waals surface area contributed by atoms with Crippen LogP contribution in [0.2, 0.25) is 0 Å². The normalized spacial score (nSPS) is 11.0. The monoisotopic (exact) mass is 359 g/mol. The van der Waals surface area contributed by atoms with Gasteiger partial charge >= 0.3 is 0 Å². The maximum Gasteiger partial charge on any atom is 0.258 e. The van der Waals surface area contributed by atoms with E-state index >= 15 is 0 Å². The maximum atomic E-state index is 13.8. The maximum absolute atomic E-state index is 13.8. The quantitative estimate of drug-likeness (QED) is 0.540. The number of nitrogens with zero attached hydrogens (tertiary/aromatic N) is 3. The molecule has 0 atom stereocenters. The molecular weight excluding hydrogens is 341 g/mol. The second kappa shape index (κ2) is 7.50. The van der Waals surface area contributed by atoms with Crippen molar-refractivity contribution in [3.63, 3.8) is 0 Å². The van der Waals surface area contributed by atoms with Gasteiger partial charge in [-0.15, -0.1) is 0 Å². The molecule has 0 unspecified atom stereocenters. The molecule has 0 aliphatic carbocycles. The number of hydrogen-bond acceptors (Lipinski definition) is 3. The van der Waals surface area contributed by atoms with Crippen LogP contribution in [0.1, 0.15) is 17.5 Å². The van der Waals surface area contributed by atoms with E-state index in [0.717, 1.165) is 17.5 Å². The predicted octanol–water partition coefficient (Wildman–Crippen LogP) is 4.07. The zero-order chi connectivity index (χ0) is 18.6. The van der Waals surface area contributed by atoms with Crippen molar-refractivity contribution in [3.05, 3.63) is 100 Å². The molecule has 134 valence electrons. The smallest absolute Gasteiger partial charge is 0.258 e. The average molecular weight is 359 g/mol. The lowest BCUT2D eigenvalue weighted by atomic mass is 10.0. The summed E-state index contributed by atoms with van der Waals surface area (Å²) in [6.45, 7) is 0. The van der Waals surface area contributed by atoms with Gasteiger partial charge in [0.05, 0.1) is 5.69 Å². The Labute approximate surface area is 156 Å². The molecule has 27 heavy (non-hydrogen) atoms. The molecule has 0 saturated carbocycles. The van der Waals surface area contributed by atoms with Gasteiger partial charge in [0.1, 0.15) is 11.5 Å². The molecule has 0 radical (unpaired) electrons. The van der Waals surface area contributed by atoms with Gasteiger partial charge in [0.15, 0.2) is 0 Å². The molecule has 3 heterocycles. The number of aromatic nitrogens is 3. The number of fused-ring (bicyclic) bond motifs is 1. The highest BCUT2D eigenvalue weighted by Crippen LogP contribution is 2.18. The number of rotatable bonds is 5. The molecule has 1 aromatic carbocycles. The Balaban J connectivity index is 1.65. The fourth-order valence-electron chi connectivity index (χ4n) is 3.22. The highest BCUT2D eigenvalue weighted by Gasteiger charge is 2.09. The molecule has 0 N–H and O–H groups in total. The molecule has 0 aliphatic heterocycles. The summed E-state index contributed by atoms with van der Waals surface area (Å²) in [6.07, 6.45) is 7.21. The molecule has 0 saturated heterocycles. The SMILES string of the molecule is O=c1cc(-c2ccncc2)nc2c(CCCc3ccccc3F)cccn12. The molecule has 3 aromatic heterocycles. The Morgan fingerprint density at radius 1 is 0.926 bits per heavy atom. The molecule has 0 bridgehead atoms. The van der Waals surface area contributed by atoms with Crippen LogP contribution in [0.4, 0.5) is 4.39 Å². The largest absolute Gasteiger partial charge is 0.269 e. The van der Waals surface area contributed by atoms with Crippen LogP contribution in [0.15, 0.2) is 78.0 Å². The average Bonchev–Trinajstić information content (AvgIpc) is 2.70. The van der Waals surface area contributed by atoms with E-state index in [4.69, 9.17) is 4.98 Å². The van der Waals surface area contributed by atoms with Crippen LogP contribution in [0, 0.1) is 5.82 Å². The van der Waals surface area contributed by atoms with E-state index in [1.54, 1.807) is 29.1 Å². The highest BCUT2D eigenvalue weighted by atomic mass is 19.1. The second-order valence-corrected chi connectivity index (χ2v) is 6.39. The zero-order valence-corrected chi connectivity index (χ0v) is 14.7. The number of benzene rings is 1. The van der Waals surface area contributed by atoms with Gasteiger partial charge in [-0.05, 0) is 54.7 Å². The van der Waals surface area contributed by atoms with E-state index in [0.29, 0.717) is 29.7 Å². The number of halogens is 1. The van der Waals surface area contributed by atoms with Crippen molar-refractivity contribution in [2.75, 3.05) is 0 Å². The van der Waals surface area contributed by atoms with Gasteiger partial charge in [-0.2, -0.15) is 0 Å². The fraction of sp³-hybridized carbons (Fsp3) is 0.136. The van der Waals surface area contributed by atoms with E-state index in [1.807, 2.05) is 36.4 Å². The lowest BCUT2D eigenvalue weighted by Crippen LogP contribution is -2.15. The topological polar surface area (TPSA) is 47.3 Å². The molecule has 4 rings (SSSR count). The van der Waals surface area contributed by atoms with E-state index in [9.17, 15) is 9.18 Å². The van der Waals surface area contributed by atoms with Crippen molar-refractivity contribution in [1.82, 2.24) is 14.4 Å². The minimum atomic E-state index is -0.176. The van der Waals surface area contributed by atoms with E-state index < -0.39 is 0 Å². The lowest BCUT2D eigenvalue weighted by Gasteiger charge is -2.09. The lowest BCUT2D eigenvalue weighted by molar-refractivity contribution is 0.604. The van der Waals surface area contributed by atoms with Crippen LogP contribution < -0.4 is 5.56 Å². The first-order chi connectivity index (χ1) is 13.2. The third-order valence-electron chi connectivity index (χ3n) is 4.60. The third-order valence-corrected chi connectivity index (χ3v) is 4.60.